The molecule has 0 saturated carbocycles. The molecule has 0 aliphatic carbocycles. The number of aromatic nitrogens is 1. The van der Waals surface area contributed by atoms with Crippen LogP contribution in [0.3, 0.4) is 0 Å². The van der Waals surface area contributed by atoms with Crippen LogP contribution in [-0.4, -0.2) is 5.78 Å². The van der Waals surface area contributed by atoms with Crippen molar-refractivity contribution in [2.45, 2.75) is 71.8 Å². The Bertz CT molecular complexity index is 708. The zero-order valence-electron chi connectivity index (χ0n) is 16.6. The molecular weight excluding hydrogens is 418 g/mol. The van der Waals surface area contributed by atoms with Gasteiger partial charge in [-0.25, -0.2) is 4.57 Å². The molecule has 0 aliphatic heterocycles. The number of aryl methyl sites for hydroxylation is 2. The summed E-state index contributed by atoms with van der Waals surface area (Å²) in [6.07, 6.45) is 18.6. The molecule has 0 atom stereocenters. The molecule has 4 heteroatoms. The van der Waals surface area contributed by atoms with Crippen molar-refractivity contribution >= 4 is 23.2 Å². The van der Waals surface area contributed by atoms with Crippen molar-refractivity contribution in [3.63, 3.8) is 0 Å². The lowest BCUT2D eigenvalue weighted by Gasteiger charge is -2.01. The highest BCUT2D eigenvalue weighted by Crippen LogP contribution is 2.15. The zero-order chi connectivity index (χ0) is 18.6. The van der Waals surface area contributed by atoms with Gasteiger partial charge in [0.25, 0.3) is 0 Å². The maximum absolute atomic E-state index is 12.2. The Labute approximate surface area is 179 Å². The number of unbranched alkanes of at least 4 members (excludes halogenated alkanes) is 7. The van der Waals surface area contributed by atoms with Gasteiger partial charge in [-0.1, -0.05) is 45.4 Å². The summed E-state index contributed by atoms with van der Waals surface area (Å²) in [6, 6.07) is 6.06. The molecule has 2 aromatic rings. The van der Waals surface area contributed by atoms with Crippen LogP contribution >= 0.6 is 11.3 Å². The van der Waals surface area contributed by atoms with Crippen molar-refractivity contribution in [3.05, 3.63) is 58.1 Å². The van der Waals surface area contributed by atoms with E-state index in [4.69, 9.17) is 0 Å². The Morgan fingerprint density at radius 2 is 1.81 bits per heavy atom. The molecule has 0 fully saturated rings. The van der Waals surface area contributed by atoms with Crippen LogP contribution < -0.4 is 21.5 Å². The van der Waals surface area contributed by atoms with Crippen molar-refractivity contribution in [1.29, 1.82) is 0 Å². The topological polar surface area (TPSA) is 20.9 Å². The molecule has 2 nitrogen and oxygen atoms in total. The van der Waals surface area contributed by atoms with E-state index >= 15 is 0 Å². The summed E-state index contributed by atoms with van der Waals surface area (Å²) in [7, 11) is 0. The summed E-state index contributed by atoms with van der Waals surface area (Å²) >= 11 is 1.51. The molecular formula is C23H32BrNOS. The second kappa shape index (κ2) is 13.8. The molecule has 0 aromatic carbocycles. The minimum Gasteiger partial charge on any atom is -1.00 e. The summed E-state index contributed by atoms with van der Waals surface area (Å²) in [5, 5.41) is 2.02. The summed E-state index contributed by atoms with van der Waals surface area (Å²) in [4.78, 5) is 13.0. The third-order valence-corrected chi connectivity index (χ3v) is 5.61. The monoisotopic (exact) mass is 449 g/mol. The molecule has 0 amide bonds. The van der Waals surface area contributed by atoms with E-state index in [2.05, 4.69) is 30.0 Å². The second-order valence-electron chi connectivity index (χ2n) is 7.04. The number of rotatable bonds is 12. The lowest BCUT2D eigenvalue weighted by Crippen LogP contribution is -3.00. The highest BCUT2D eigenvalue weighted by molar-refractivity contribution is 7.12. The van der Waals surface area contributed by atoms with Gasteiger partial charge >= 0.3 is 0 Å². The van der Waals surface area contributed by atoms with Crippen LogP contribution in [0.15, 0.2) is 42.0 Å². The van der Waals surface area contributed by atoms with Crippen LogP contribution in [0.1, 0.15) is 79.1 Å². The number of hydrogen-bond donors (Lipinski definition) is 0. The first kappa shape index (κ1) is 23.8. The van der Waals surface area contributed by atoms with Crippen molar-refractivity contribution in [3.8, 4) is 0 Å². The Kier molecular flexibility index (Phi) is 12.2. The predicted octanol–water partition coefficient (Wildman–Crippen LogP) is 3.38. The van der Waals surface area contributed by atoms with E-state index in [9.17, 15) is 4.79 Å². The van der Waals surface area contributed by atoms with E-state index < -0.39 is 0 Å². The van der Waals surface area contributed by atoms with Crippen molar-refractivity contribution in [2.75, 3.05) is 0 Å². The molecule has 0 radical (unpaired) electrons. The van der Waals surface area contributed by atoms with Crippen LogP contribution in [-0.2, 0) is 6.54 Å². The molecule has 0 saturated heterocycles. The molecule has 0 spiro atoms. The smallest absolute Gasteiger partial charge is 0.195 e. The van der Waals surface area contributed by atoms with Crippen LogP contribution in [0.5, 0.6) is 0 Å². The average molecular weight is 450 g/mol. The number of pyridine rings is 1. The Balaban J connectivity index is 0.00000364. The molecule has 0 unspecified atom stereocenters. The fraction of sp³-hybridized carbons (Fsp3) is 0.478. The van der Waals surface area contributed by atoms with Crippen LogP contribution in [0, 0.1) is 6.92 Å². The van der Waals surface area contributed by atoms with E-state index in [1.807, 2.05) is 30.5 Å². The van der Waals surface area contributed by atoms with Gasteiger partial charge in [0.05, 0.1) is 4.88 Å². The van der Waals surface area contributed by atoms with E-state index in [1.54, 1.807) is 6.08 Å². The number of carbonyl (C=O) groups is 1. The normalized spacial score (nSPS) is 10.9. The van der Waals surface area contributed by atoms with Gasteiger partial charge < -0.3 is 17.0 Å². The number of hydrogen-bond acceptors (Lipinski definition) is 2. The molecule has 0 bridgehead atoms. The van der Waals surface area contributed by atoms with Crippen LogP contribution in [0.4, 0.5) is 0 Å². The lowest BCUT2D eigenvalue weighted by atomic mass is 10.1. The number of halogens is 1. The maximum atomic E-state index is 12.2. The quantitative estimate of drug-likeness (QED) is 0.210. The van der Waals surface area contributed by atoms with Crippen LogP contribution in [0.2, 0.25) is 0 Å². The van der Waals surface area contributed by atoms with Gasteiger partial charge in [0.1, 0.15) is 6.54 Å². The highest BCUT2D eigenvalue weighted by Gasteiger charge is 2.05. The van der Waals surface area contributed by atoms with E-state index in [-0.39, 0.29) is 22.8 Å². The molecule has 0 aliphatic rings. The van der Waals surface area contributed by atoms with Gasteiger partial charge in [-0.3, -0.25) is 4.79 Å². The predicted molar refractivity (Wildman–Crippen MR) is 112 cm³/mol. The second-order valence-corrected chi connectivity index (χ2v) is 7.95. The summed E-state index contributed by atoms with van der Waals surface area (Å²) in [6.45, 7) is 5.33. The number of thiophene rings is 1. The van der Waals surface area contributed by atoms with Crippen molar-refractivity contribution in [1.82, 2.24) is 0 Å². The fourth-order valence-electron chi connectivity index (χ4n) is 3.02. The van der Waals surface area contributed by atoms with Gasteiger partial charge in [0, 0.05) is 18.1 Å². The third kappa shape index (κ3) is 9.48. The Morgan fingerprint density at radius 1 is 1.11 bits per heavy atom. The van der Waals surface area contributed by atoms with Gasteiger partial charge in [-0.2, -0.15) is 0 Å². The Morgan fingerprint density at radius 3 is 2.48 bits per heavy atom. The SMILES string of the molecule is CCCCCCCCCC[n+]1cccc(/C=C/C(=O)c2cc(C)cs2)c1.[Br-]. The van der Waals surface area contributed by atoms with Gasteiger partial charge in [-0.05, 0) is 48.6 Å². The first-order valence-electron chi connectivity index (χ1n) is 9.95. The highest BCUT2D eigenvalue weighted by atomic mass is 79.9. The van der Waals surface area contributed by atoms with E-state index in [0.29, 0.717) is 0 Å². The number of allylic oxidation sites excluding steroid dienone is 1. The minimum absolute atomic E-state index is 0. The fourth-order valence-corrected chi connectivity index (χ4v) is 3.84. The lowest BCUT2D eigenvalue weighted by molar-refractivity contribution is -0.697. The molecule has 0 N–H and O–H groups in total. The molecule has 148 valence electrons. The summed E-state index contributed by atoms with van der Waals surface area (Å²) in [5.74, 6) is 0.0848. The van der Waals surface area contributed by atoms with E-state index in [0.717, 1.165) is 22.5 Å². The zero-order valence-corrected chi connectivity index (χ0v) is 19.0. The summed E-state index contributed by atoms with van der Waals surface area (Å²) in [5.41, 5.74) is 2.23. The molecule has 27 heavy (non-hydrogen) atoms. The number of carbonyl (C=O) groups excluding carboxylic acids is 1. The van der Waals surface area contributed by atoms with Gasteiger partial charge in [-0.15, -0.1) is 11.3 Å². The average Bonchev–Trinajstić information content (AvgIpc) is 3.09. The standard InChI is InChI=1S/C23H32NOS.BrH/c1-3-4-5-6-7-8-9-10-15-24-16-11-12-21(18-24)13-14-22(25)23-17-20(2)19-26-23;/h11-14,16-19H,3-10,15H2,1-2H3;1H/q+1;/p-1/b14-13+;. The molecule has 2 heterocycles. The minimum atomic E-state index is 0. The van der Waals surface area contributed by atoms with E-state index in [1.165, 1.54) is 62.7 Å². The number of ketones is 1. The third-order valence-electron chi connectivity index (χ3n) is 4.55. The van der Waals surface area contributed by atoms with Crippen molar-refractivity contribution < 1.29 is 26.3 Å². The first-order valence-corrected chi connectivity index (χ1v) is 10.8. The Hall–Kier alpha value is -1.26. The van der Waals surface area contributed by atoms with Crippen molar-refractivity contribution in [2.24, 2.45) is 0 Å². The maximum Gasteiger partial charge on any atom is 0.195 e. The largest absolute Gasteiger partial charge is 1.00 e. The number of nitrogens with zero attached hydrogens (tertiary/aromatic N) is 1. The van der Waals surface area contributed by atoms with Crippen LogP contribution in [0.25, 0.3) is 6.08 Å². The summed E-state index contributed by atoms with van der Waals surface area (Å²) < 4.78 is 2.23. The molecule has 2 rings (SSSR count). The van der Waals surface area contributed by atoms with Gasteiger partial charge in [0.2, 0.25) is 0 Å². The first-order chi connectivity index (χ1) is 12.7. The molecule has 2 aromatic heterocycles. The van der Waals surface area contributed by atoms with Gasteiger partial charge in [0.15, 0.2) is 18.2 Å².